The molecule has 1 saturated heterocycles. The molecule has 3 amide bonds. The number of fused-ring (bicyclic) bond motifs is 1. The Balaban J connectivity index is 1.48. The number of benzene rings is 2. The Bertz CT molecular complexity index is 958. The average Bonchev–Trinajstić information content (AvgIpc) is 2.98. The van der Waals surface area contributed by atoms with E-state index in [4.69, 9.17) is 9.47 Å². The minimum absolute atomic E-state index is 0.303. The number of hydrogen-bond acceptors (Lipinski definition) is 5. The number of amides is 3. The van der Waals surface area contributed by atoms with Gasteiger partial charge in [0.1, 0.15) is 11.7 Å². The number of ether oxygens (including phenoxy) is 2. The van der Waals surface area contributed by atoms with E-state index in [1.165, 1.54) is 4.90 Å². The van der Waals surface area contributed by atoms with Crippen molar-refractivity contribution in [2.75, 3.05) is 24.6 Å². The van der Waals surface area contributed by atoms with Crippen LogP contribution in [-0.4, -0.2) is 48.1 Å². The second kappa shape index (κ2) is 7.57. The summed E-state index contributed by atoms with van der Waals surface area (Å²) in [5.74, 6) is -0.651. The van der Waals surface area contributed by atoms with Crippen molar-refractivity contribution in [2.24, 2.45) is 0 Å². The lowest BCUT2D eigenvalue weighted by Crippen LogP contribution is -2.44. The maximum atomic E-state index is 12.6. The second-order valence-corrected chi connectivity index (χ2v) is 8.37. The molecule has 1 unspecified atom stereocenters. The summed E-state index contributed by atoms with van der Waals surface area (Å²) in [5, 5.41) is 0. The third-order valence-corrected chi connectivity index (χ3v) is 5.04. The van der Waals surface area contributed by atoms with Crippen molar-refractivity contribution in [3.8, 4) is 0 Å². The molecule has 156 valence electrons. The molecule has 0 radical (unpaired) electrons. The third-order valence-electron chi connectivity index (χ3n) is 5.04. The topological polar surface area (TPSA) is 76.2 Å². The SMILES string of the molecule is CC(C)(C)OC(=O)N1CCOC(c2ccc(N3C(=O)c4ccccc4C3=O)cc2)C1. The van der Waals surface area contributed by atoms with Crippen molar-refractivity contribution in [2.45, 2.75) is 32.5 Å². The number of rotatable bonds is 2. The third kappa shape index (κ3) is 3.80. The number of nitrogens with zero attached hydrogens (tertiary/aromatic N) is 2. The van der Waals surface area contributed by atoms with E-state index < -0.39 is 5.60 Å². The summed E-state index contributed by atoms with van der Waals surface area (Å²) in [6.45, 7) is 6.76. The highest BCUT2D eigenvalue weighted by Gasteiger charge is 2.36. The Kier molecular flexibility index (Phi) is 5.07. The van der Waals surface area contributed by atoms with Crippen LogP contribution in [0.1, 0.15) is 53.2 Å². The molecule has 0 aliphatic carbocycles. The predicted molar refractivity (Wildman–Crippen MR) is 111 cm³/mol. The van der Waals surface area contributed by atoms with Crippen LogP contribution >= 0.6 is 0 Å². The Morgan fingerprint density at radius 3 is 2.17 bits per heavy atom. The van der Waals surface area contributed by atoms with E-state index in [2.05, 4.69) is 0 Å². The van der Waals surface area contributed by atoms with E-state index in [0.29, 0.717) is 36.5 Å². The molecular weight excluding hydrogens is 384 g/mol. The highest BCUT2D eigenvalue weighted by molar-refractivity contribution is 6.34. The first-order valence-corrected chi connectivity index (χ1v) is 9.92. The van der Waals surface area contributed by atoms with E-state index in [9.17, 15) is 14.4 Å². The Labute approximate surface area is 175 Å². The van der Waals surface area contributed by atoms with Crippen LogP contribution < -0.4 is 4.90 Å². The van der Waals surface area contributed by atoms with Crippen molar-refractivity contribution in [1.29, 1.82) is 0 Å². The zero-order chi connectivity index (χ0) is 21.5. The lowest BCUT2D eigenvalue weighted by Gasteiger charge is -2.34. The highest BCUT2D eigenvalue weighted by atomic mass is 16.6. The monoisotopic (exact) mass is 408 g/mol. The molecule has 0 N–H and O–H groups in total. The highest BCUT2D eigenvalue weighted by Crippen LogP contribution is 2.30. The second-order valence-electron chi connectivity index (χ2n) is 8.37. The summed E-state index contributed by atoms with van der Waals surface area (Å²) in [5.41, 5.74) is 1.64. The van der Waals surface area contributed by atoms with Gasteiger partial charge in [0.25, 0.3) is 11.8 Å². The van der Waals surface area contributed by atoms with Gasteiger partial charge < -0.3 is 14.4 Å². The molecule has 2 aromatic rings. The average molecular weight is 408 g/mol. The Morgan fingerprint density at radius 2 is 1.60 bits per heavy atom. The molecule has 0 bridgehead atoms. The molecule has 7 nitrogen and oxygen atoms in total. The van der Waals surface area contributed by atoms with Gasteiger partial charge in [0.15, 0.2) is 0 Å². The number of anilines is 1. The molecule has 7 heteroatoms. The molecule has 30 heavy (non-hydrogen) atoms. The quantitative estimate of drug-likeness (QED) is 0.707. The molecule has 2 aromatic carbocycles. The summed E-state index contributed by atoms with van der Waals surface area (Å²) in [4.78, 5) is 40.5. The first kappa shape index (κ1) is 20.1. The summed E-state index contributed by atoms with van der Waals surface area (Å²) in [7, 11) is 0. The molecule has 0 spiro atoms. The molecule has 0 aromatic heterocycles. The van der Waals surface area contributed by atoms with E-state index in [-0.39, 0.29) is 24.0 Å². The molecular formula is C23H24N2O5. The minimum atomic E-state index is -0.557. The number of carbonyl (C=O) groups is 3. The normalized spacial score (nSPS) is 19.1. The van der Waals surface area contributed by atoms with Crippen LogP contribution in [0, 0.1) is 0 Å². The van der Waals surface area contributed by atoms with Crippen LogP contribution in [0.2, 0.25) is 0 Å². The maximum Gasteiger partial charge on any atom is 0.410 e. The summed E-state index contributed by atoms with van der Waals surface area (Å²) < 4.78 is 11.3. The van der Waals surface area contributed by atoms with E-state index >= 15 is 0 Å². The largest absolute Gasteiger partial charge is 0.444 e. The van der Waals surface area contributed by atoms with Gasteiger partial charge in [0.05, 0.1) is 30.0 Å². The van der Waals surface area contributed by atoms with Crippen molar-refractivity contribution < 1.29 is 23.9 Å². The Hall–Kier alpha value is -3.19. The van der Waals surface area contributed by atoms with Crippen molar-refractivity contribution in [3.05, 3.63) is 65.2 Å². The van der Waals surface area contributed by atoms with Crippen molar-refractivity contribution >= 4 is 23.6 Å². The Morgan fingerprint density at radius 1 is 1.00 bits per heavy atom. The standard InChI is InChI=1S/C23H24N2O5/c1-23(2,3)30-22(28)24-12-13-29-19(14-24)15-8-10-16(11-9-15)25-20(26)17-6-4-5-7-18(17)21(25)27/h4-11,19H,12-14H2,1-3H3. The minimum Gasteiger partial charge on any atom is -0.444 e. The first-order valence-electron chi connectivity index (χ1n) is 9.92. The summed E-state index contributed by atoms with van der Waals surface area (Å²) >= 11 is 0. The lowest BCUT2D eigenvalue weighted by molar-refractivity contribution is -0.0432. The molecule has 0 saturated carbocycles. The molecule has 4 rings (SSSR count). The summed E-state index contributed by atoms with van der Waals surface area (Å²) in [6, 6.07) is 13.9. The van der Waals surface area contributed by atoms with Crippen LogP contribution in [0.25, 0.3) is 0 Å². The van der Waals surface area contributed by atoms with Gasteiger partial charge >= 0.3 is 6.09 Å². The van der Waals surface area contributed by atoms with E-state index in [1.54, 1.807) is 41.3 Å². The van der Waals surface area contributed by atoms with Gasteiger partial charge in [0, 0.05) is 6.54 Å². The molecule has 1 fully saturated rings. The van der Waals surface area contributed by atoms with E-state index in [1.807, 2.05) is 32.9 Å². The zero-order valence-corrected chi connectivity index (χ0v) is 17.3. The van der Waals surface area contributed by atoms with Crippen molar-refractivity contribution in [1.82, 2.24) is 4.90 Å². The van der Waals surface area contributed by atoms with Crippen LogP contribution in [0.3, 0.4) is 0 Å². The fourth-order valence-corrected chi connectivity index (χ4v) is 3.61. The summed E-state index contributed by atoms with van der Waals surface area (Å²) in [6.07, 6.45) is -0.666. The van der Waals surface area contributed by atoms with Gasteiger partial charge in [-0.05, 0) is 50.6 Å². The van der Waals surface area contributed by atoms with Gasteiger partial charge in [-0.1, -0.05) is 24.3 Å². The fraction of sp³-hybridized carbons (Fsp3) is 0.348. The lowest BCUT2D eigenvalue weighted by atomic mass is 10.1. The maximum absolute atomic E-state index is 12.6. The molecule has 2 aliphatic heterocycles. The molecule has 2 heterocycles. The smallest absolute Gasteiger partial charge is 0.410 e. The van der Waals surface area contributed by atoms with Gasteiger partial charge in [-0.25, -0.2) is 9.69 Å². The predicted octanol–water partition coefficient (Wildman–Crippen LogP) is 3.80. The zero-order valence-electron chi connectivity index (χ0n) is 17.3. The van der Waals surface area contributed by atoms with Gasteiger partial charge in [-0.2, -0.15) is 0 Å². The number of hydrogen-bond donors (Lipinski definition) is 0. The van der Waals surface area contributed by atoms with E-state index in [0.717, 1.165) is 5.56 Å². The fourth-order valence-electron chi connectivity index (χ4n) is 3.61. The number of morpholine rings is 1. The van der Waals surface area contributed by atoms with Crippen molar-refractivity contribution in [3.63, 3.8) is 0 Å². The van der Waals surface area contributed by atoms with Gasteiger partial charge in [-0.15, -0.1) is 0 Å². The molecule has 1 atom stereocenters. The van der Waals surface area contributed by atoms with Gasteiger partial charge in [0.2, 0.25) is 0 Å². The van der Waals surface area contributed by atoms with Gasteiger partial charge in [-0.3, -0.25) is 9.59 Å². The number of imide groups is 1. The van der Waals surface area contributed by atoms with Crippen LogP contribution in [0.4, 0.5) is 10.5 Å². The first-order chi connectivity index (χ1) is 14.2. The number of carbonyl (C=O) groups excluding carboxylic acids is 3. The van der Waals surface area contributed by atoms with Crippen LogP contribution in [0.15, 0.2) is 48.5 Å². The van der Waals surface area contributed by atoms with Crippen LogP contribution in [-0.2, 0) is 9.47 Å². The van der Waals surface area contributed by atoms with Crippen LogP contribution in [0.5, 0.6) is 0 Å². The molecule has 2 aliphatic rings.